The number of rotatable bonds is 8. The maximum Gasteiger partial charge on any atom is 0.0419 e. The van der Waals surface area contributed by atoms with E-state index in [-0.39, 0.29) is 0 Å². The van der Waals surface area contributed by atoms with Gasteiger partial charge in [-0.05, 0) is 25.9 Å². The maximum absolute atomic E-state index is 2.87. The predicted molar refractivity (Wildman–Crippen MR) is 183 cm³/mol. The highest BCUT2D eigenvalue weighted by Crippen LogP contribution is 2.86. The molecule has 0 aliphatic carbocycles. The van der Waals surface area contributed by atoms with Crippen LogP contribution in [0.3, 0.4) is 0 Å². The zero-order chi connectivity index (χ0) is 28.2. The van der Waals surface area contributed by atoms with Crippen LogP contribution in [0.1, 0.15) is 125 Å². The Kier molecular flexibility index (Phi) is 8.14. The Morgan fingerprint density at radius 1 is 0.361 bits per heavy atom. The largest absolute Gasteiger partial charge is 0.0778 e. The van der Waals surface area contributed by atoms with Crippen LogP contribution in [0.15, 0.2) is 11.1 Å². The molecule has 0 radical (unpaired) electrons. The quantitative estimate of drug-likeness (QED) is 0.194. The van der Waals surface area contributed by atoms with Crippen molar-refractivity contribution in [1.29, 1.82) is 0 Å². The average molecular weight is 595 g/mol. The third-order valence-corrected chi connectivity index (χ3v) is 209. The first-order valence-corrected chi connectivity index (χ1v) is 36.0. The van der Waals surface area contributed by atoms with Gasteiger partial charge in [-0.1, -0.05) is 166 Å². The van der Waals surface area contributed by atoms with Gasteiger partial charge in [-0.25, -0.2) is 0 Å². The van der Waals surface area contributed by atoms with Crippen molar-refractivity contribution in [2.75, 3.05) is 0 Å². The van der Waals surface area contributed by atoms with E-state index in [4.69, 9.17) is 0 Å². The molecule has 0 saturated carbocycles. The third kappa shape index (κ3) is 2.56. The van der Waals surface area contributed by atoms with Gasteiger partial charge in [0.2, 0.25) is 0 Å². The fraction of sp³-hybridized carbons (Fsp3) is 0.933. The number of hydrogen-bond acceptors (Lipinski definition) is 0. The van der Waals surface area contributed by atoms with Gasteiger partial charge >= 0.3 is 0 Å². The second kappa shape index (κ2) is 9.28. The second-order valence-electron chi connectivity index (χ2n) is 16.4. The Morgan fingerprint density at radius 2 is 0.583 bits per heavy atom. The Balaban J connectivity index is 2.80. The number of hydrogen-bond donors (Lipinski definition) is 0. The monoisotopic (exact) mass is 594 g/mol. The van der Waals surface area contributed by atoms with E-state index in [0.29, 0.717) is 0 Å². The fourth-order valence-electron chi connectivity index (χ4n) is 15.4. The molecule has 3 rings (SSSR count). The molecule has 6 heteroatoms. The van der Waals surface area contributed by atoms with Crippen molar-refractivity contribution in [1.82, 2.24) is 0 Å². The topological polar surface area (TPSA) is 0 Å². The molecule has 0 N–H and O–H groups in total. The van der Waals surface area contributed by atoms with Crippen LogP contribution >= 0.6 is 0 Å². The van der Waals surface area contributed by atoms with E-state index in [1.165, 1.54) is 0 Å². The van der Waals surface area contributed by atoms with Crippen molar-refractivity contribution in [3.8, 4) is 0 Å². The zero-order valence-corrected chi connectivity index (χ0v) is 34.0. The minimum Gasteiger partial charge on any atom is -0.0778 e. The summed E-state index contributed by atoms with van der Waals surface area (Å²) in [6.07, 6.45) is 0. The van der Waals surface area contributed by atoms with E-state index in [0.717, 1.165) is 44.3 Å². The first-order chi connectivity index (χ1) is 16.3. The molecule has 210 valence electrons. The summed E-state index contributed by atoms with van der Waals surface area (Å²) in [5.74, 6) is 0. The van der Waals surface area contributed by atoms with Crippen molar-refractivity contribution in [2.45, 2.75) is 181 Å². The minimum atomic E-state index is -1.51. The predicted octanol–water partition coefficient (Wildman–Crippen LogP) is 10.9. The molecule has 3 heterocycles. The van der Waals surface area contributed by atoms with Gasteiger partial charge in [0.15, 0.2) is 0 Å². The van der Waals surface area contributed by atoms with Crippen LogP contribution in [-0.4, -0.2) is 41.7 Å². The normalized spacial score (nSPS) is 37.5. The molecule has 3 aliphatic heterocycles. The lowest BCUT2D eigenvalue weighted by atomic mass is 10.2. The zero-order valence-electron chi connectivity index (χ0n) is 28.0. The van der Waals surface area contributed by atoms with Crippen LogP contribution in [0.2, 0.25) is 56.4 Å². The molecule has 0 spiro atoms. The highest BCUT2D eigenvalue weighted by molar-refractivity contribution is 8.45. The molecule has 4 unspecified atom stereocenters. The molecule has 0 amide bonds. The smallest absolute Gasteiger partial charge is 0.0419 e. The Bertz CT molecular complexity index is 811. The fourth-order valence-corrected chi connectivity index (χ4v) is 429. The summed E-state index contributed by atoms with van der Waals surface area (Å²) in [6, 6.07) is 3.34. The van der Waals surface area contributed by atoms with Gasteiger partial charge in [-0.2, -0.15) is 0 Å². The highest BCUT2D eigenvalue weighted by Gasteiger charge is 3.08. The van der Waals surface area contributed by atoms with Crippen LogP contribution in [0, 0.1) is 0 Å². The van der Waals surface area contributed by atoms with Gasteiger partial charge in [0.25, 0.3) is 0 Å². The molecule has 0 nitrogen and oxygen atoms in total. The van der Waals surface area contributed by atoms with E-state index in [1.54, 1.807) is 12.1 Å². The molecule has 3 aliphatic rings. The van der Waals surface area contributed by atoms with Crippen molar-refractivity contribution in [3.63, 3.8) is 0 Å². The number of allylic oxidation sites excluding steroid dienone is 2. The summed E-state index contributed by atoms with van der Waals surface area (Å²) < 4.78 is 0. The number of fused-ring (bicyclic) bond motifs is 4. The molecule has 36 heavy (non-hydrogen) atoms. The summed E-state index contributed by atoms with van der Waals surface area (Å²) >= 11 is 0. The first-order valence-electron chi connectivity index (χ1n) is 16.0. The molecular weight excluding hydrogens is 529 g/mol. The van der Waals surface area contributed by atoms with Crippen LogP contribution in [0.5, 0.6) is 0 Å². The molecule has 0 aromatic heterocycles. The van der Waals surface area contributed by atoms with Gasteiger partial charge in [0.1, 0.15) is 0 Å². The molecular formula is C30H66Si6. The summed E-state index contributed by atoms with van der Waals surface area (Å²) in [7, 11) is -5.91. The summed E-state index contributed by atoms with van der Waals surface area (Å²) in [5.41, 5.74) is 12.0. The molecule has 0 aromatic rings. The Hall–Kier alpha value is 1.04. The van der Waals surface area contributed by atoms with Crippen molar-refractivity contribution in [3.05, 3.63) is 11.1 Å². The van der Waals surface area contributed by atoms with Gasteiger partial charge in [-0.3, -0.25) is 0 Å². The standard InChI is InChI=1S/C30H66Si6/c1-21(2)31-19-29(17)30(18)20-32(31,22(3)4)36(28(15)16)34(25(9)10,26(11)12)33(23(5)6,24(7)8)35(31,36)27(13)14/h21-28H,19-20H2,1-18H3. The van der Waals surface area contributed by atoms with Crippen LogP contribution in [-0.2, 0) is 0 Å². The third-order valence-electron chi connectivity index (χ3n) is 14.0. The lowest BCUT2D eigenvalue weighted by Crippen LogP contribution is -3.31. The van der Waals surface area contributed by atoms with E-state index >= 15 is 0 Å². The maximum atomic E-state index is 2.87. The van der Waals surface area contributed by atoms with Crippen molar-refractivity contribution < 1.29 is 0 Å². The highest BCUT2D eigenvalue weighted by atomic mass is 30.6. The molecule has 2 fully saturated rings. The van der Waals surface area contributed by atoms with Crippen LogP contribution in [0.25, 0.3) is 0 Å². The Morgan fingerprint density at radius 3 is 0.722 bits per heavy atom. The van der Waals surface area contributed by atoms with Gasteiger partial charge in [0.05, 0.1) is 0 Å². The van der Waals surface area contributed by atoms with E-state index in [1.807, 2.05) is 11.1 Å². The van der Waals surface area contributed by atoms with Crippen LogP contribution < -0.4 is 0 Å². The summed E-state index contributed by atoms with van der Waals surface area (Å²) in [4.78, 5) is 0. The minimum absolute atomic E-state index is 1.01. The molecule has 4 atom stereocenters. The van der Waals surface area contributed by atoms with Gasteiger partial charge in [0, 0.05) is 41.7 Å². The van der Waals surface area contributed by atoms with E-state index in [9.17, 15) is 0 Å². The van der Waals surface area contributed by atoms with Gasteiger partial charge in [-0.15, -0.1) is 0 Å². The molecule has 0 aromatic carbocycles. The van der Waals surface area contributed by atoms with Crippen LogP contribution in [0.4, 0.5) is 0 Å². The lowest BCUT2D eigenvalue weighted by molar-refractivity contribution is 0.861. The SMILES string of the molecule is CC1=C(C)C[Si]2(C(C)C)[Si](C(C)C)(C1)[Si]1(C(C)C)[Si](C(C)C)(C(C)C)[Si](C(C)C)(C(C)C)[Si]21C(C)C. The second-order valence-corrected chi connectivity index (χ2v) is 86.8. The molecule has 0 bridgehead atoms. The Labute approximate surface area is 232 Å². The van der Waals surface area contributed by atoms with Gasteiger partial charge < -0.3 is 0 Å². The molecule has 2 saturated heterocycles. The lowest BCUT2D eigenvalue weighted by Gasteiger charge is -3.03. The van der Waals surface area contributed by atoms with E-state index < -0.39 is 41.7 Å². The summed E-state index contributed by atoms with van der Waals surface area (Å²) in [5, 5.41) is 0. The average Bonchev–Trinajstić information content (AvgIpc) is 2.68. The summed E-state index contributed by atoms with van der Waals surface area (Å²) in [6.45, 7) is 47.7. The van der Waals surface area contributed by atoms with Crippen molar-refractivity contribution >= 4 is 41.7 Å². The first kappa shape index (κ1) is 31.6. The van der Waals surface area contributed by atoms with Crippen molar-refractivity contribution in [2.24, 2.45) is 0 Å². The van der Waals surface area contributed by atoms with E-state index in [2.05, 4.69) is 125 Å².